The Hall–Kier alpha value is -3.03. The smallest absolute Gasteiger partial charge is 0.272 e. The Balaban J connectivity index is 1.30. The van der Waals surface area contributed by atoms with E-state index in [0.717, 1.165) is 30.5 Å². The average Bonchev–Trinajstić information content (AvgIpc) is 3.66. The van der Waals surface area contributed by atoms with E-state index in [0.29, 0.717) is 44.7 Å². The van der Waals surface area contributed by atoms with Crippen LogP contribution in [0.1, 0.15) is 42.6 Å². The fourth-order valence-electron chi connectivity index (χ4n) is 4.92. The van der Waals surface area contributed by atoms with E-state index >= 15 is 0 Å². The highest BCUT2D eigenvalue weighted by Gasteiger charge is 2.50. The minimum Gasteiger partial charge on any atom is -0.380 e. The van der Waals surface area contributed by atoms with Gasteiger partial charge in [-0.3, -0.25) is 14.6 Å². The number of nitrogens with one attached hydrogen (secondary N) is 1. The topological polar surface area (TPSA) is 85.8 Å². The molecule has 178 valence electrons. The highest BCUT2D eigenvalue weighted by atomic mass is 16.3. The van der Waals surface area contributed by atoms with Crippen LogP contribution in [0.5, 0.6) is 0 Å². The maximum atomic E-state index is 13.0. The van der Waals surface area contributed by atoms with Gasteiger partial charge >= 0.3 is 0 Å². The summed E-state index contributed by atoms with van der Waals surface area (Å²) in [6, 6.07) is 10.3. The number of carbonyl (C=O) groups is 2. The summed E-state index contributed by atoms with van der Waals surface area (Å²) in [5.41, 5.74) is 2.78. The second-order valence-electron chi connectivity index (χ2n) is 9.58. The van der Waals surface area contributed by atoms with Crippen LogP contribution in [0.25, 0.3) is 22.8 Å². The number of amides is 2. The summed E-state index contributed by atoms with van der Waals surface area (Å²) in [4.78, 5) is 33.2. The first-order valence-electron chi connectivity index (χ1n) is 12.2. The first-order chi connectivity index (χ1) is 16.5. The average molecular weight is 461 g/mol. The maximum Gasteiger partial charge on any atom is 0.272 e. The van der Waals surface area contributed by atoms with Gasteiger partial charge in [0.1, 0.15) is 11.3 Å². The molecule has 3 aliphatic rings. The summed E-state index contributed by atoms with van der Waals surface area (Å²) >= 11 is 0. The van der Waals surface area contributed by atoms with Crippen LogP contribution in [-0.4, -0.2) is 77.1 Å². The zero-order chi connectivity index (χ0) is 23.7. The van der Waals surface area contributed by atoms with E-state index in [1.807, 2.05) is 13.1 Å². The summed E-state index contributed by atoms with van der Waals surface area (Å²) in [6.45, 7) is 2.68. The largest absolute Gasteiger partial charge is 0.380 e. The molecule has 0 atom stereocenters. The maximum absolute atomic E-state index is 13.0. The molecule has 1 saturated carbocycles. The van der Waals surface area contributed by atoms with Gasteiger partial charge in [-0.1, -0.05) is 24.3 Å². The standard InChI is InChI=1S/C27H32N4O3/c1-28-17-22-5-3-2-4-19-6-7-20(16-23(19)22)21-8-9-24(29-18-21)25(32)30-12-14-31(15-13-30)26(33)27(34)10-11-27/h4,6-9,16,18,28,34H,2-3,5,10-15,17H2,1H3. The second-order valence-corrected chi connectivity index (χ2v) is 9.58. The third kappa shape index (κ3) is 4.50. The lowest BCUT2D eigenvalue weighted by molar-refractivity contribution is -0.143. The quantitative estimate of drug-likeness (QED) is 0.692. The number of aromatic nitrogens is 1. The van der Waals surface area contributed by atoms with Crippen molar-refractivity contribution in [1.82, 2.24) is 20.1 Å². The molecule has 2 heterocycles. The van der Waals surface area contributed by atoms with Crippen molar-refractivity contribution >= 4 is 23.5 Å². The van der Waals surface area contributed by atoms with Crippen LogP contribution in [-0.2, 0) is 4.79 Å². The van der Waals surface area contributed by atoms with Gasteiger partial charge in [-0.2, -0.15) is 0 Å². The number of carbonyl (C=O) groups excluding carboxylic acids is 2. The van der Waals surface area contributed by atoms with Crippen LogP contribution in [0.15, 0.2) is 36.5 Å². The lowest BCUT2D eigenvalue weighted by Gasteiger charge is -2.35. The van der Waals surface area contributed by atoms with Gasteiger partial charge in [0, 0.05) is 44.5 Å². The normalized spacial score (nSPS) is 19.2. The van der Waals surface area contributed by atoms with Crippen LogP contribution in [0.2, 0.25) is 0 Å². The van der Waals surface area contributed by atoms with Gasteiger partial charge in [-0.25, -0.2) is 0 Å². The van der Waals surface area contributed by atoms with Crippen LogP contribution in [0.4, 0.5) is 0 Å². The molecule has 2 aromatic rings. The summed E-state index contributed by atoms with van der Waals surface area (Å²) < 4.78 is 0. The van der Waals surface area contributed by atoms with Crippen LogP contribution >= 0.6 is 0 Å². The van der Waals surface area contributed by atoms with Crippen LogP contribution in [0, 0.1) is 0 Å². The summed E-state index contributed by atoms with van der Waals surface area (Å²) in [6.07, 6.45) is 8.54. The SMILES string of the molecule is CNCC1=c2cc(-c3ccc(C(=O)N4CCN(C(=O)C5(O)CC5)CC4)nc3)ccc2=CCCC1. The Kier molecular flexibility index (Phi) is 6.23. The van der Waals surface area contributed by atoms with Crippen molar-refractivity contribution < 1.29 is 14.7 Å². The monoisotopic (exact) mass is 460 g/mol. The van der Waals surface area contributed by atoms with Crippen molar-refractivity contribution in [3.8, 4) is 11.1 Å². The van der Waals surface area contributed by atoms with Crippen molar-refractivity contribution in [2.75, 3.05) is 39.8 Å². The zero-order valence-corrected chi connectivity index (χ0v) is 19.7. The molecule has 7 heteroatoms. The molecule has 34 heavy (non-hydrogen) atoms. The Labute approximate surface area is 199 Å². The molecule has 1 saturated heterocycles. The highest BCUT2D eigenvalue weighted by Crippen LogP contribution is 2.37. The first-order valence-corrected chi connectivity index (χ1v) is 12.2. The van der Waals surface area contributed by atoms with Gasteiger partial charge in [0.15, 0.2) is 0 Å². The number of hydrogen-bond donors (Lipinski definition) is 2. The highest BCUT2D eigenvalue weighted by molar-refractivity contribution is 5.93. The second kappa shape index (κ2) is 9.31. The zero-order valence-electron chi connectivity index (χ0n) is 19.7. The molecule has 1 aliphatic heterocycles. The molecule has 0 unspecified atom stereocenters. The third-order valence-electron chi connectivity index (χ3n) is 7.16. The van der Waals surface area contributed by atoms with E-state index < -0.39 is 5.60 Å². The van der Waals surface area contributed by atoms with Gasteiger partial charge < -0.3 is 20.2 Å². The van der Waals surface area contributed by atoms with Gasteiger partial charge in [0.05, 0.1) is 0 Å². The molecular formula is C27H32N4O3. The molecule has 0 radical (unpaired) electrons. The number of piperazine rings is 1. The molecule has 0 bridgehead atoms. The third-order valence-corrected chi connectivity index (χ3v) is 7.16. The number of aliphatic hydroxyl groups is 1. The lowest BCUT2D eigenvalue weighted by Crippen LogP contribution is -2.53. The summed E-state index contributed by atoms with van der Waals surface area (Å²) in [5.74, 6) is -0.319. The Morgan fingerprint density at radius 3 is 2.47 bits per heavy atom. The molecule has 2 amide bonds. The van der Waals surface area contributed by atoms with Gasteiger partial charge in [-0.05, 0) is 72.9 Å². The van der Waals surface area contributed by atoms with Crippen LogP contribution in [0.3, 0.4) is 0 Å². The van der Waals surface area contributed by atoms with E-state index in [4.69, 9.17) is 0 Å². The van der Waals surface area contributed by atoms with Crippen molar-refractivity contribution in [2.24, 2.45) is 0 Å². The van der Waals surface area contributed by atoms with E-state index in [1.54, 1.807) is 22.1 Å². The van der Waals surface area contributed by atoms with Gasteiger partial charge in [0.2, 0.25) is 0 Å². The predicted molar refractivity (Wildman–Crippen MR) is 131 cm³/mol. The summed E-state index contributed by atoms with van der Waals surface area (Å²) in [7, 11) is 1.98. The number of pyridine rings is 1. The molecular weight excluding hydrogens is 428 g/mol. The fraction of sp³-hybridized carbons (Fsp3) is 0.444. The van der Waals surface area contributed by atoms with E-state index in [-0.39, 0.29) is 11.8 Å². The minimum atomic E-state index is -1.15. The number of benzene rings is 1. The molecule has 7 nitrogen and oxygen atoms in total. The van der Waals surface area contributed by atoms with Crippen LogP contribution < -0.4 is 15.8 Å². The van der Waals surface area contributed by atoms with Crippen molar-refractivity contribution in [3.63, 3.8) is 0 Å². The predicted octanol–water partition coefficient (Wildman–Crippen LogP) is 0.892. The number of hydrogen-bond acceptors (Lipinski definition) is 5. The van der Waals surface area contributed by atoms with Crippen molar-refractivity contribution in [1.29, 1.82) is 0 Å². The first kappa shape index (κ1) is 22.7. The van der Waals surface area contributed by atoms with E-state index in [9.17, 15) is 14.7 Å². The molecule has 5 rings (SSSR count). The summed E-state index contributed by atoms with van der Waals surface area (Å²) in [5, 5.41) is 15.9. The Bertz CT molecular complexity index is 1210. The fourth-order valence-corrected chi connectivity index (χ4v) is 4.92. The van der Waals surface area contributed by atoms with Crippen molar-refractivity contribution in [2.45, 2.75) is 37.7 Å². The van der Waals surface area contributed by atoms with E-state index in [2.05, 4.69) is 34.6 Å². The lowest BCUT2D eigenvalue weighted by atomic mass is 10.0. The number of nitrogens with zero attached hydrogens (tertiary/aromatic N) is 3. The van der Waals surface area contributed by atoms with Gasteiger partial charge in [0.25, 0.3) is 11.8 Å². The molecule has 2 fully saturated rings. The molecule has 1 aromatic heterocycles. The van der Waals surface area contributed by atoms with Crippen molar-refractivity contribution in [3.05, 3.63) is 52.7 Å². The molecule has 2 N–H and O–H groups in total. The van der Waals surface area contributed by atoms with E-state index in [1.165, 1.54) is 22.4 Å². The molecule has 2 aliphatic carbocycles. The molecule has 0 spiro atoms. The minimum absolute atomic E-state index is 0.120. The van der Waals surface area contributed by atoms with Gasteiger partial charge in [-0.15, -0.1) is 0 Å². The molecule has 1 aromatic carbocycles. The number of fused-ring (bicyclic) bond motifs is 1. The Morgan fingerprint density at radius 2 is 1.79 bits per heavy atom. The number of rotatable bonds is 5. The Morgan fingerprint density at radius 1 is 1.06 bits per heavy atom.